The molecule has 6 nitrogen and oxygen atoms in total. The average Bonchev–Trinajstić information content (AvgIpc) is 3.25. The fourth-order valence-electron chi connectivity index (χ4n) is 3.86. The van der Waals surface area contributed by atoms with E-state index in [1.54, 1.807) is 18.4 Å². The van der Waals surface area contributed by atoms with E-state index in [2.05, 4.69) is 33.6 Å². The van der Waals surface area contributed by atoms with Crippen LogP contribution in [0.25, 0.3) is 0 Å². The molecule has 1 atom stereocenters. The van der Waals surface area contributed by atoms with Crippen LogP contribution < -0.4 is 15.4 Å². The number of aryl methyl sites for hydroxylation is 3. The molecule has 7 heteroatoms. The zero-order chi connectivity index (χ0) is 24.1. The highest BCUT2D eigenvalue weighted by Crippen LogP contribution is 2.40. The van der Waals surface area contributed by atoms with Crippen molar-refractivity contribution in [1.29, 1.82) is 0 Å². The van der Waals surface area contributed by atoms with Gasteiger partial charge in [0, 0.05) is 33.0 Å². The van der Waals surface area contributed by atoms with Gasteiger partial charge in [0.2, 0.25) is 5.95 Å². The van der Waals surface area contributed by atoms with Gasteiger partial charge in [-0.3, -0.25) is 4.79 Å². The molecule has 34 heavy (non-hydrogen) atoms. The van der Waals surface area contributed by atoms with Gasteiger partial charge in [-0.05, 0) is 50.6 Å². The number of aromatic nitrogens is 2. The Morgan fingerprint density at radius 2 is 1.65 bits per heavy atom. The number of methoxy groups -OCH3 is 1. The molecular formula is C27H28N4O2S. The summed E-state index contributed by atoms with van der Waals surface area (Å²) in [4.78, 5) is 23.4. The molecule has 0 saturated heterocycles. The molecule has 2 N–H and O–H groups in total. The second kappa shape index (κ2) is 10.5. The predicted octanol–water partition coefficient (Wildman–Crippen LogP) is 6.18. The molecule has 0 unspecified atom stereocenters. The molecule has 0 aliphatic heterocycles. The monoisotopic (exact) mass is 472 g/mol. The van der Waals surface area contributed by atoms with Crippen LogP contribution in [0.5, 0.6) is 5.75 Å². The van der Waals surface area contributed by atoms with Gasteiger partial charge in [0.25, 0.3) is 5.91 Å². The van der Waals surface area contributed by atoms with Crippen molar-refractivity contribution in [2.45, 2.75) is 33.2 Å². The Morgan fingerprint density at radius 3 is 2.32 bits per heavy atom. The molecule has 0 radical (unpaired) electrons. The summed E-state index contributed by atoms with van der Waals surface area (Å²) in [7, 11) is 1.66. The lowest BCUT2D eigenvalue weighted by molar-refractivity contribution is 0.102. The maximum atomic E-state index is 13.0. The Hall–Kier alpha value is -3.71. The van der Waals surface area contributed by atoms with E-state index < -0.39 is 0 Å². The number of carbonyl (C=O) groups is 1. The smallest absolute Gasteiger partial charge is 0.256 e. The van der Waals surface area contributed by atoms with E-state index in [0.717, 1.165) is 39.7 Å². The molecule has 0 bridgehead atoms. The van der Waals surface area contributed by atoms with Gasteiger partial charge < -0.3 is 15.4 Å². The van der Waals surface area contributed by atoms with Gasteiger partial charge >= 0.3 is 0 Å². The van der Waals surface area contributed by atoms with Gasteiger partial charge in [-0.1, -0.05) is 43.3 Å². The maximum absolute atomic E-state index is 13.0. The van der Waals surface area contributed by atoms with E-state index in [0.29, 0.717) is 11.5 Å². The largest absolute Gasteiger partial charge is 0.496 e. The van der Waals surface area contributed by atoms with Crippen LogP contribution in [-0.4, -0.2) is 23.0 Å². The summed E-state index contributed by atoms with van der Waals surface area (Å²) in [6, 6.07) is 20.8. The van der Waals surface area contributed by atoms with Crippen LogP contribution in [0.1, 0.15) is 50.7 Å². The highest BCUT2D eigenvalue weighted by atomic mass is 32.1. The number of thiophene rings is 1. The molecular weight excluding hydrogens is 444 g/mol. The number of anilines is 2. The highest BCUT2D eigenvalue weighted by Gasteiger charge is 2.25. The van der Waals surface area contributed by atoms with E-state index in [1.165, 1.54) is 4.88 Å². The zero-order valence-electron chi connectivity index (χ0n) is 19.8. The van der Waals surface area contributed by atoms with Gasteiger partial charge in [-0.15, -0.1) is 11.3 Å². The van der Waals surface area contributed by atoms with Crippen LogP contribution in [0.4, 0.5) is 10.9 Å². The lowest BCUT2D eigenvalue weighted by Crippen LogP contribution is -2.18. The van der Waals surface area contributed by atoms with E-state index in [1.807, 2.05) is 74.5 Å². The lowest BCUT2D eigenvalue weighted by Gasteiger charge is -2.22. The minimum Gasteiger partial charge on any atom is -0.496 e. The van der Waals surface area contributed by atoms with E-state index in [4.69, 9.17) is 4.74 Å². The number of carbonyl (C=O) groups excluding carboxylic acids is 1. The Bertz CT molecular complexity index is 1270. The molecule has 2 aromatic carbocycles. The number of rotatable bonds is 8. The number of hydrogen-bond acceptors (Lipinski definition) is 6. The first-order valence-electron chi connectivity index (χ1n) is 11.2. The number of nitrogens with zero attached hydrogens (tertiary/aromatic N) is 2. The third-order valence-electron chi connectivity index (χ3n) is 5.44. The summed E-state index contributed by atoms with van der Waals surface area (Å²) in [5.41, 5.74) is 4.25. The van der Waals surface area contributed by atoms with Gasteiger partial charge in [0.1, 0.15) is 10.8 Å². The summed E-state index contributed by atoms with van der Waals surface area (Å²) in [5.74, 6) is 1.12. The fourth-order valence-corrected chi connectivity index (χ4v) is 4.89. The second-order valence-corrected chi connectivity index (χ2v) is 9.10. The molecule has 4 aromatic rings. The van der Waals surface area contributed by atoms with Crippen molar-refractivity contribution >= 4 is 28.2 Å². The number of hydrogen-bond donors (Lipinski definition) is 2. The quantitative estimate of drug-likeness (QED) is 0.320. The second-order valence-electron chi connectivity index (χ2n) is 7.96. The third kappa shape index (κ3) is 5.26. The Balaban J connectivity index is 1.80. The molecule has 0 fully saturated rings. The van der Waals surface area contributed by atoms with Crippen molar-refractivity contribution < 1.29 is 9.53 Å². The van der Waals surface area contributed by atoms with Crippen LogP contribution in [0.2, 0.25) is 0 Å². The summed E-state index contributed by atoms with van der Waals surface area (Å²) in [6.45, 7) is 6.00. The van der Waals surface area contributed by atoms with Crippen molar-refractivity contribution in [3.05, 3.63) is 99.7 Å². The number of ether oxygens (including phenoxy) is 1. The lowest BCUT2D eigenvalue weighted by atomic mass is 9.98. The summed E-state index contributed by atoms with van der Waals surface area (Å²) >= 11 is 1.58. The van der Waals surface area contributed by atoms with Crippen LogP contribution >= 0.6 is 11.3 Å². The maximum Gasteiger partial charge on any atom is 0.256 e. The van der Waals surface area contributed by atoms with E-state index >= 15 is 0 Å². The first-order valence-corrected chi connectivity index (χ1v) is 12.0. The molecule has 174 valence electrons. The first kappa shape index (κ1) is 23.4. The van der Waals surface area contributed by atoms with Crippen LogP contribution in [-0.2, 0) is 6.42 Å². The molecule has 1 amide bonds. The van der Waals surface area contributed by atoms with Crippen molar-refractivity contribution in [1.82, 2.24) is 9.97 Å². The SMILES string of the molecule is CCc1cc([C@@H](Nc2nc(C)cc(C)n2)c2ccccc2OC)c(NC(=O)c2ccccc2)s1. The van der Waals surface area contributed by atoms with Gasteiger partial charge in [-0.2, -0.15) is 0 Å². The standard InChI is InChI=1S/C27H28N4O2S/c1-5-20-16-22(26(34-20)31-25(32)19-11-7-6-8-12-19)24(21-13-9-10-14-23(21)33-4)30-27-28-17(2)15-18(3)29-27/h6-16,24H,5H2,1-4H3,(H,31,32)(H,28,29,30)/t24-/m0/s1. The van der Waals surface area contributed by atoms with Crippen LogP contribution in [0.3, 0.4) is 0 Å². The van der Waals surface area contributed by atoms with Crippen molar-refractivity contribution in [3.63, 3.8) is 0 Å². The summed E-state index contributed by atoms with van der Waals surface area (Å²) in [5, 5.41) is 7.44. The molecule has 0 saturated carbocycles. The normalized spacial score (nSPS) is 11.6. The molecule has 2 heterocycles. The van der Waals surface area contributed by atoms with Gasteiger partial charge in [0.05, 0.1) is 13.2 Å². The minimum absolute atomic E-state index is 0.146. The van der Waals surface area contributed by atoms with Crippen LogP contribution in [0, 0.1) is 13.8 Å². The first-order chi connectivity index (χ1) is 16.5. The Kier molecular flexibility index (Phi) is 7.23. The summed E-state index contributed by atoms with van der Waals surface area (Å²) in [6.07, 6.45) is 0.859. The third-order valence-corrected chi connectivity index (χ3v) is 6.65. The zero-order valence-corrected chi connectivity index (χ0v) is 20.6. The number of benzene rings is 2. The Morgan fingerprint density at radius 1 is 0.971 bits per heavy atom. The predicted molar refractivity (Wildman–Crippen MR) is 138 cm³/mol. The number of para-hydroxylation sites is 1. The van der Waals surface area contributed by atoms with E-state index in [-0.39, 0.29) is 11.9 Å². The average molecular weight is 473 g/mol. The Labute approximate surface area is 204 Å². The molecule has 2 aromatic heterocycles. The van der Waals surface area contributed by atoms with Crippen LogP contribution in [0.15, 0.2) is 66.7 Å². The number of nitrogens with one attached hydrogen (secondary N) is 2. The fraction of sp³-hybridized carbons (Fsp3) is 0.222. The molecule has 0 aliphatic rings. The highest BCUT2D eigenvalue weighted by molar-refractivity contribution is 7.16. The van der Waals surface area contributed by atoms with Crippen molar-refractivity contribution in [3.8, 4) is 5.75 Å². The molecule has 0 aliphatic carbocycles. The van der Waals surface area contributed by atoms with Gasteiger partial charge in [0.15, 0.2) is 0 Å². The van der Waals surface area contributed by atoms with Crippen molar-refractivity contribution in [2.75, 3.05) is 17.7 Å². The van der Waals surface area contributed by atoms with E-state index in [9.17, 15) is 4.79 Å². The number of amides is 1. The topological polar surface area (TPSA) is 76.1 Å². The van der Waals surface area contributed by atoms with Gasteiger partial charge in [-0.25, -0.2) is 9.97 Å². The van der Waals surface area contributed by atoms with Crippen molar-refractivity contribution in [2.24, 2.45) is 0 Å². The summed E-state index contributed by atoms with van der Waals surface area (Å²) < 4.78 is 5.69. The minimum atomic E-state index is -0.333. The molecule has 0 spiro atoms. The molecule has 4 rings (SSSR count).